The largest absolute Gasteiger partial charge is 0.344 e. The third-order valence-corrected chi connectivity index (χ3v) is 5.11. The van der Waals surface area contributed by atoms with Crippen LogP contribution in [0.1, 0.15) is 30.1 Å². The zero-order valence-electron chi connectivity index (χ0n) is 13.6. The molecule has 1 fully saturated rings. The number of rotatable bonds is 3. The quantitative estimate of drug-likeness (QED) is 0.891. The number of nitrogens with one attached hydrogen (secondary N) is 1. The Morgan fingerprint density at radius 3 is 2.88 bits per heavy atom. The van der Waals surface area contributed by atoms with Crippen LogP contribution in [0.25, 0.3) is 0 Å². The van der Waals surface area contributed by atoms with Gasteiger partial charge in [0, 0.05) is 31.0 Å². The van der Waals surface area contributed by atoms with Crippen LogP contribution in [0.2, 0.25) is 5.02 Å². The first kappa shape index (κ1) is 16.1. The predicted molar refractivity (Wildman–Crippen MR) is 90.9 cm³/mol. The maximum atomic E-state index is 12.5. The summed E-state index contributed by atoms with van der Waals surface area (Å²) in [7, 11) is 0. The van der Waals surface area contributed by atoms with E-state index in [1.807, 2.05) is 24.3 Å². The van der Waals surface area contributed by atoms with Crippen molar-refractivity contribution < 1.29 is 9.59 Å². The third-order valence-electron chi connectivity index (χ3n) is 4.74. The van der Waals surface area contributed by atoms with Crippen LogP contribution in [0, 0.1) is 0 Å². The van der Waals surface area contributed by atoms with E-state index in [1.54, 1.807) is 4.90 Å². The van der Waals surface area contributed by atoms with E-state index in [2.05, 4.69) is 20.1 Å². The van der Waals surface area contributed by atoms with Gasteiger partial charge in [-0.2, -0.15) is 0 Å². The van der Waals surface area contributed by atoms with Gasteiger partial charge in [-0.05, 0) is 18.1 Å². The van der Waals surface area contributed by atoms with E-state index in [9.17, 15) is 9.59 Å². The molecule has 0 aliphatic carbocycles. The van der Waals surface area contributed by atoms with Crippen molar-refractivity contribution in [3.63, 3.8) is 0 Å². The molecule has 1 aromatic carbocycles. The van der Waals surface area contributed by atoms with Gasteiger partial charge in [0.05, 0.1) is 6.54 Å². The molecule has 1 N–H and O–H groups in total. The molecular weight excluding hydrogens is 342 g/mol. The average molecular weight is 360 g/mol. The van der Waals surface area contributed by atoms with Crippen LogP contribution in [-0.4, -0.2) is 44.1 Å². The fourth-order valence-corrected chi connectivity index (χ4v) is 3.57. The van der Waals surface area contributed by atoms with Gasteiger partial charge in [0.25, 0.3) is 0 Å². The maximum absolute atomic E-state index is 12.5. The zero-order valence-corrected chi connectivity index (χ0v) is 14.4. The van der Waals surface area contributed by atoms with Crippen LogP contribution in [0.4, 0.5) is 0 Å². The molecule has 3 heterocycles. The number of carbonyl (C=O) groups excluding carboxylic acids is 2. The van der Waals surface area contributed by atoms with Gasteiger partial charge in [-0.25, -0.2) is 0 Å². The van der Waals surface area contributed by atoms with E-state index >= 15 is 0 Å². The Balaban J connectivity index is 1.48. The number of amides is 2. The van der Waals surface area contributed by atoms with Crippen LogP contribution in [0.15, 0.2) is 24.3 Å². The molecule has 1 aromatic heterocycles. The van der Waals surface area contributed by atoms with Gasteiger partial charge in [0.1, 0.15) is 11.9 Å². The van der Waals surface area contributed by atoms with Crippen molar-refractivity contribution in [1.82, 2.24) is 25.0 Å². The molecule has 0 bridgehead atoms. The first-order valence-electron chi connectivity index (χ1n) is 8.34. The highest BCUT2D eigenvalue weighted by Gasteiger charge is 2.33. The molecule has 2 amide bonds. The lowest BCUT2D eigenvalue weighted by Gasteiger charge is -2.29. The van der Waals surface area contributed by atoms with Crippen LogP contribution < -0.4 is 5.32 Å². The first-order chi connectivity index (χ1) is 12.1. The number of nitrogens with zero attached hydrogens (tertiary/aromatic N) is 4. The molecule has 2 aromatic rings. The minimum atomic E-state index is -0.399. The number of hydrogen-bond acceptors (Lipinski definition) is 4. The molecule has 2 aliphatic heterocycles. The Hall–Kier alpha value is -2.41. The van der Waals surface area contributed by atoms with E-state index in [1.165, 1.54) is 0 Å². The molecule has 0 radical (unpaired) electrons. The fraction of sp³-hybridized carbons (Fsp3) is 0.412. The van der Waals surface area contributed by atoms with Crippen LogP contribution >= 0.6 is 11.6 Å². The summed E-state index contributed by atoms with van der Waals surface area (Å²) in [6, 6.07) is 7.29. The van der Waals surface area contributed by atoms with Crippen molar-refractivity contribution in [3.8, 4) is 0 Å². The Morgan fingerprint density at radius 2 is 2.12 bits per heavy atom. The second kappa shape index (κ2) is 6.48. The van der Waals surface area contributed by atoms with E-state index in [0.717, 1.165) is 17.2 Å². The number of carbonyl (C=O) groups is 2. The van der Waals surface area contributed by atoms with Gasteiger partial charge in [-0.15, -0.1) is 10.2 Å². The molecule has 4 rings (SSSR count). The third kappa shape index (κ3) is 3.11. The molecule has 130 valence electrons. The van der Waals surface area contributed by atoms with Gasteiger partial charge < -0.3 is 14.8 Å². The number of halogens is 1. The Bertz CT molecular complexity index is 834. The van der Waals surface area contributed by atoms with E-state index in [-0.39, 0.29) is 11.8 Å². The van der Waals surface area contributed by atoms with Gasteiger partial charge >= 0.3 is 0 Å². The summed E-state index contributed by atoms with van der Waals surface area (Å²) in [5, 5.41) is 12.0. The highest BCUT2D eigenvalue weighted by Crippen LogP contribution is 2.21. The van der Waals surface area contributed by atoms with Crippen LogP contribution in [0.5, 0.6) is 0 Å². The monoisotopic (exact) mass is 359 g/mol. The van der Waals surface area contributed by atoms with E-state index < -0.39 is 6.04 Å². The van der Waals surface area contributed by atoms with E-state index in [4.69, 9.17) is 11.6 Å². The summed E-state index contributed by atoms with van der Waals surface area (Å²) in [5.74, 6) is 1.53. The molecular formula is C17H18ClN5O2. The molecule has 8 heteroatoms. The Labute approximate surface area is 150 Å². The lowest BCUT2D eigenvalue weighted by molar-refractivity contribution is -0.135. The predicted octanol–water partition coefficient (Wildman–Crippen LogP) is 1.14. The lowest BCUT2D eigenvalue weighted by atomic mass is 10.1. The standard InChI is InChI=1S/C17H18ClN5O2/c18-12-4-2-1-3-11(12)9-14-20-21-15-10-22(7-8-23(14)15)17(25)13-5-6-16(24)19-13/h1-4,13H,5-10H2,(H,19,24)/t13-/m0/s1. The van der Waals surface area contributed by atoms with Gasteiger partial charge in [0.2, 0.25) is 11.8 Å². The highest BCUT2D eigenvalue weighted by atomic mass is 35.5. The lowest BCUT2D eigenvalue weighted by Crippen LogP contribution is -2.47. The van der Waals surface area contributed by atoms with Crippen molar-refractivity contribution in [2.24, 2.45) is 0 Å². The SMILES string of the molecule is O=C1CC[C@@H](C(=O)N2CCn3c(Cc4ccccc4Cl)nnc3C2)N1. The van der Waals surface area contributed by atoms with Crippen molar-refractivity contribution in [2.75, 3.05) is 6.54 Å². The normalized spacial score (nSPS) is 19.6. The summed E-state index contributed by atoms with van der Waals surface area (Å²) in [6.07, 6.45) is 1.60. The van der Waals surface area contributed by atoms with Crippen molar-refractivity contribution in [3.05, 3.63) is 46.5 Å². The topological polar surface area (TPSA) is 80.1 Å². The second-order valence-electron chi connectivity index (χ2n) is 6.37. The van der Waals surface area contributed by atoms with Crippen LogP contribution in [0.3, 0.4) is 0 Å². The number of hydrogen-bond donors (Lipinski definition) is 1. The maximum Gasteiger partial charge on any atom is 0.245 e. The number of aromatic nitrogens is 3. The molecule has 1 saturated heterocycles. The molecule has 0 unspecified atom stereocenters. The summed E-state index contributed by atoms with van der Waals surface area (Å²) < 4.78 is 2.06. The molecule has 2 aliphatic rings. The van der Waals surface area contributed by atoms with Crippen molar-refractivity contribution in [2.45, 2.75) is 38.4 Å². The summed E-state index contributed by atoms with van der Waals surface area (Å²) in [4.78, 5) is 25.6. The van der Waals surface area contributed by atoms with Gasteiger partial charge in [0.15, 0.2) is 5.82 Å². The summed E-state index contributed by atoms with van der Waals surface area (Å²) >= 11 is 6.23. The smallest absolute Gasteiger partial charge is 0.245 e. The molecule has 1 atom stereocenters. The van der Waals surface area contributed by atoms with Gasteiger partial charge in [-0.1, -0.05) is 29.8 Å². The van der Waals surface area contributed by atoms with Crippen molar-refractivity contribution >= 4 is 23.4 Å². The summed E-state index contributed by atoms with van der Waals surface area (Å²) in [6.45, 7) is 1.65. The Kier molecular flexibility index (Phi) is 4.17. The van der Waals surface area contributed by atoms with Gasteiger partial charge in [-0.3, -0.25) is 9.59 Å². The fourth-order valence-electron chi connectivity index (χ4n) is 3.37. The second-order valence-corrected chi connectivity index (χ2v) is 6.78. The molecule has 0 saturated carbocycles. The number of fused-ring (bicyclic) bond motifs is 1. The first-order valence-corrected chi connectivity index (χ1v) is 8.72. The molecule has 25 heavy (non-hydrogen) atoms. The zero-order chi connectivity index (χ0) is 17.4. The molecule has 7 nitrogen and oxygen atoms in total. The van der Waals surface area contributed by atoms with Crippen molar-refractivity contribution in [1.29, 1.82) is 0 Å². The minimum Gasteiger partial charge on any atom is -0.344 e. The molecule has 0 spiro atoms. The Morgan fingerprint density at radius 1 is 1.28 bits per heavy atom. The number of benzene rings is 1. The minimum absolute atomic E-state index is 0.0345. The summed E-state index contributed by atoms with van der Waals surface area (Å²) in [5.41, 5.74) is 1.01. The van der Waals surface area contributed by atoms with Crippen LogP contribution in [-0.2, 0) is 29.1 Å². The average Bonchev–Trinajstić information content (AvgIpc) is 3.22. The van der Waals surface area contributed by atoms with E-state index in [0.29, 0.717) is 43.9 Å². The highest BCUT2D eigenvalue weighted by molar-refractivity contribution is 6.31.